The Morgan fingerprint density at radius 3 is 2.40 bits per heavy atom. The van der Waals surface area contributed by atoms with Gasteiger partial charge in [0.25, 0.3) is 0 Å². The Balaban J connectivity index is 2.77. The summed E-state index contributed by atoms with van der Waals surface area (Å²) in [5.41, 5.74) is 0. The molecule has 0 aromatic rings. The summed E-state index contributed by atoms with van der Waals surface area (Å²) >= 11 is 0. The molecule has 0 saturated carbocycles. The van der Waals surface area contributed by atoms with Crippen LogP contribution in [-0.4, -0.2) is 25.9 Å². The van der Waals surface area contributed by atoms with Crippen molar-refractivity contribution in [3.63, 3.8) is 0 Å². The van der Waals surface area contributed by atoms with Crippen LogP contribution in [-0.2, 0) is 9.47 Å². The number of ether oxygens (including phenoxy) is 2. The summed E-state index contributed by atoms with van der Waals surface area (Å²) in [5.74, 6) is 0. The molecule has 0 heterocycles. The van der Waals surface area contributed by atoms with Crippen molar-refractivity contribution in [1.29, 1.82) is 0 Å². The standard InChI is InChI=1S/C8H16O2/c1-4-5-9-6-7-10-8(2)3/h1,8H,4-7H2,2-3H3. The molecular weight excluding hydrogens is 128 g/mol. The SMILES string of the molecule is [CH]CCOCCOC(C)C. The van der Waals surface area contributed by atoms with Crippen molar-refractivity contribution in [2.75, 3.05) is 19.8 Å². The summed E-state index contributed by atoms with van der Waals surface area (Å²) in [6.07, 6.45) is 0.878. The highest BCUT2D eigenvalue weighted by molar-refractivity contribution is 4.38. The summed E-state index contributed by atoms with van der Waals surface area (Å²) in [6.45, 7) is 11.1. The highest BCUT2D eigenvalue weighted by Crippen LogP contribution is 1.87. The maximum atomic E-state index is 5.22. The van der Waals surface area contributed by atoms with Crippen molar-refractivity contribution in [1.82, 2.24) is 0 Å². The molecule has 0 atom stereocenters. The second-order valence-electron chi connectivity index (χ2n) is 2.32. The van der Waals surface area contributed by atoms with Gasteiger partial charge in [-0.1, -0.05) is 0 Å². The molecule has 2 radical (unpaired) electrons. The van der Waals surface area contributed by atoms with Crippen LogP contribution >= 0.6 is 0 Å². The van der Waals surface area contributed by atoms with Crippen molar-refractivity contribution in [2.24, 2.45) is 0 Å². The molecule has 2 heteroatoms. The van der Waals surface area contributed by atoms with E-state index in [1.54, 1.807) is 0 Å². The maximum absolute atomic E-state index is 5.22. The lowest BCUT2D eigenvalue weighted by Gasteiger charge is -2.06. The summed E-state index contributed by atoms with van der Waals surface area (Å²) in [5, 5.41) is 0. The Bertz CT molecular complexity index is 62.3. The maximum Gasteiger partial charge on any atom is 0.0703 e. The minimum Gasteiger partial charge on any atom is -0.379 e. The van der Waals surface area contributed by atoms with E-state index >= 15 is 0 Å². The van der Waals surface area contributed by atoms with E-state index in [0.29, 0.717) is 32.3 Å². The molecular formula is C8H16O2. The lowest BCUT2D eigenvalue weighted by atomic mass is 10.5. The van der Waals surface area contributed by atoms with Gasteiger partial charge in [-0.25, -0.2) is 0 Å². The molecule has 0 bridgehead atoms. The predicted octanol–water partition coefficient (Wildman–Crippen LogP) is 1.53. The lowest BCUT2D eigenvalue weighted by molar-refractivity contribution is 0.0207. The van der Waals surface area contributed by atoms with Crippen molar-refractivity contribution in [3.05, 3.63) is 6.92 Å². The van der Waals surface area contributed by atoms with Crippen LogP contribution in [0.5, 0.6) is 0 Å². The summed E-state index contributed by atoms with van der Waals surface area (Å²) < 4.78 is 10.3. The van der Waals surface area contributed by atoms with E-state index in [0.717, 1.165) is 0 Å². The Kier molecular flexibility index (Phi) is 6.98. The minimum atomic E-state index is 0.293. The quantitative estimate of drug-likeness (QED) is 0.526. The van der Waals surface area contributed by atoms with E-state index < -0.39 is 0 Å². The first kappa shape index (κ1) is 9.92. The van der Waals surface area contributed by atoms with Crippen molar-refractivity contribution >= 4 is 0 Å². The average Bonchev–Trinajstić information content (AvgIpc) is 1.87. The molecule has 0 rings (SSSR count). The molecule has 0 amide bonds. The third-order valence-electron chi connectivity index (χ3n) is 0.941. The molecule has 0 aliphatic rings. The van der Waals surface area contributed by atoms with Gasteiger partial charge in [0.05, 0.1) is 19.3 Å². The third kappa shape index (κ3) is 7.92. The Hall–Kier alpha value is -0.0800. The van der Waals surface area contributed by atoms with Gasteiger partial charge in [0.15, 0.2) is 0 Å². The van der Waals surface area contributed by atoms with Gasteiger partial charge in [0.1, 0.15) is 0 Å². The molecule has 0 saturated heterocycles. The highest BCUT2D eigenvalue weighted by Gasteiger charge is 1.91. The Labute approximate surface area is 63.5 Å². The monoisotopic (exact) mass is 144 g/mol. The van der Waals surface area contributed by atoms with E-state index in [2.05, 4.69) is 0 Å². The van der Waals surface area contributed by atoms with Crippen LogP contribution in [0.15, 0.2) is 0 Å². The second kappa shape index (κ2) is 7.03. The van der Waals surface area contributed by atoms with E-state index in [1.165, 1.54) is 0 Å². The molecule has 0 fully saturated rings. The van der Waals surface area contributed by atoms with Gasteiger partial charge in [0, 0.05) is 6.61 Å². The second-order valence-corrected chi connectivity index (χ2v) is 2.32. The fraction of sp³-hybridized carbons (Fsp3) is 0.875. The Morgan fingerprint density at radius 1 is 1.20 bits per heavy atom. The smallest absolute Gasteiger partial charge is 0.0703 e. The number of hydrogen-bond acceptors (Lipinski definition) is 2. The van der Waals surface area contributed by atoms with Gasteiger partial charge in [0.2, 0.25) is 0 Å². The highest BCUT2D eigenvalue weighted by atomic mass is 16.5. The van der Waals surface area contributed by atoms with E-state index in [9.17, 15) is 0 Å². The fourth-order valence-electron chi connectivity index (χ4n) is 0.528. The molecule has 0 spiro atoms. The molecule has 0 aromatic heterocycles. The molecule has 10 heavy (non-hydrogen) atoms. The van der Waals surface area contributed by atoms with Crippen molar-refractivity contribution in [3.8, 4) is 0 Å². The summed E-state index contributed by atoms with van der Waals surface area (Å²) in [7, 11) is 0. The van der Waals surface area contributed by atoms with Gasteiger partial charge in [-0.2, -0.15) is 0 Å². The van der Waals surface area contributed by atoms with E-state index in [1.807, 2.05) is 13.8 Å². The van der Waals surface area contributed by atoms with Gasteiger partial charge in [-0.05, 0) is 27.2 Å². The fourth-order valence-corrected chi connectivity index (χ4v) is 0.528. The first-order chi connectivity index (χ1) is 4.77. The third-order valence-corrected chi connectivity index (χ3v) is 0.941. The van der Waals surface area contributed by atoms with Crippen LogP contribution in [0.3, 0.4) is 0 Å². The number of rotatable bonds is 6. The Morgan fingerprint density at radius 2 is 1.90 bits per heavy atom. The zero-order valence-electron chi connectivity index (χ0n) is 6.80. The van der Waals surface area contributed by atoms with E-state index in [-0.39, 0.29) is 0 Å². The molecule has 0 aliphatic heterocycles. The van der Waals surface area contributed by atoms with E-state index in [4.69, 9.17) is 16.4 Å². The van der Waals surface area contributed by atoms with Crippen LogP contribution in [0.2, 0.25) is 0 Å². The van der Waals surface area contributed by atoms with Crippen LogP contribution in [0.4, 0.5) is 0 Å². The largest absolute Gasteiger partial charge is 0.379 e. The van der Waals surface area contributed by atoms with Crippen LogP contribution < -0.4 is 0 Å². The lowest BCUT2D eigenvalue weighted by Crippen LogP contribution is -2.09. The molecule has 0 N–H and O–H groups in total. The topological polar surface area (TPSA) is 18.5 Å². The van der Waals surface area contributed by atoms with Crippen LogP contribution in [0.25, 0.3) is 0 Å². The van der Waals surface area contributed by atoms with Crippen LogP contribution in [0, 0.1) is 6.92 Å². The van der Waals surface area contributed by atoms with Crippen molar-refractivity contribution < 1.29 is 9.47 Å². The zero-order chi connectivity index (χ0) is 7.82. The first-order valence-corrected chi connectivity index (χ1v) is 3.66. The molecule has 2 nitrogen and oxygen atoms in total. The molecule has 60 valence electrons. The molecule has 0 unspecified atom stereocenters. The summed E-state index contributed by atoms with van der Waals surface area (Å²) in [6, 6.07) is 0. The minimum absolute atomic E-state index is 0.293. The zero-order valence-corrected chi connectivity index (χ0v) is 6.80. The van der Waals surface area contributed by atoms with Gasteiger partial charge < -0.3 is 9.47 Å². The number of hydrogen-bond donors (Lipinski definition) is 0. The van der Waals surface area contributed by atoms with Gasteiger partial charge in [-0.3, -0.25) is 0 Å². The predicted molar refractivity (Wildman–Crippen MR) is 40.8 cm³/mol. The average molecular weight is 144 g/mol. The van der Waals surface area contributed by atoms with Gasteiger partial charge >= 0.3 is 0 Å². The summed E-state index contributed by atoms with van der Waals surface area (Å²) in [4.78, 5) is 0. The van der Waals surface area contributed by atoms with Crippen LogP contribution in [0.1, 0.15) is 20.3 Å². The normalized spacial score (nSPS) is 10.8. The molecule has 0 aromatic carbocycles. The van der Waals surface area contributed by atoms with Gasteiger partial charge in [-0.15, -0.1) is 0 Å². The van der Waals surface area contributed by atoms with Crippen molar-refractivity contribution in [2.45, 2.75) is 26.4 Å². The molecule has 0 aliphatic carbocycles. The first-order valence-electron chi connectivity index (χ1n) is 3.66.